The van der Waals surface area contributed by atoms with Crippen LogP contribution in [0.3, 0.4) is 0 Å². The van der Waals surface area contributed by atoms with E-state index in [1.54, 1.807) is 35.1 Å². The number of rotatable bonds is 9. The van der Waals surface area contributed by atoms with Crippen molar-refractivity contribution >= 4 is 33.4 Å². The highest BCUT2D eigenvalue weighted by Crippen LogP contribution is 2.32. The summed E-state index contributed by atoms with van der Waals surface area (Å²) in [6.45, 7) is 5.82. The number of urea groups is 1. The largest absolute Gasteiger partial charge is 0.497 e. The van der Waals surface area contributed by atoms with E-state index in [1.807, 2.05) is 26.0 Å². The molecule has 3 rings (SSSR count). The van der Waals surface area contributed by atoms with E-state index < -0.39 is 28.0 Å². The molecule has 1 atom stereocenters. The number of hydrogen-bond donors (Lipinski definition) is 2. The summed E-state index contributed by atoms with van der Waals surface area (Å²) in [7, 11) is -2.46. The Morgan fingerprint density at radius 2 is 1.76 bits per heavy atom. The Morgan fingerprint density at radius 1 is 1.15 bits per heavy atom. The van der Waals surface area contributed by atoms with Crippen LogP contribution in [0.25, 0.3) is 10.4 Å². The maximum Gasteiger partial charge on any atom is 0.322 e. The van der Waals surface area contributed by atoms with Gasteiger partial charge in [0.25, 0.3) is 10.0 Å². The van der Waals surface area contributed by atoms with E-state index >= 15 is 0 Å². The average molecular weight is 510 g/mol. The number of sulfonamides is 1. The molecule has 0 spiro atoms. The lowest BCUT2D eigenvalue weighted by Gasteiger charge is -2.37. The maximum atomic E-state index is 13.0. The molecule has 186 valence electrons. The molecular formula is C23H31N3O6S2. The van der Waals surface area contributed by atoms with Gasteiger partial charge in [0.05, 0.1) is 7.11 Å². The number of benzene rings is 1. The summed E-state index contributed by atoms with van der Waals surface area (Å²) in [6.07, 6.45) is 0.821. The number of amides is 2. The fraction of sp³-hybridized carbons (Fsp3) is 0.478. The first-order chi connectivity index (χ1) is 16.2. The Labute approximate surface area is 204 Å². The lowest BCUT2D eigenvalue weighted by Crippen LogP contribution is -2.52. The van der Waals surface area contributed by atoms with Crippen molar-refractivity contribution in [2.45, 2.75) is 36.9 Å². The van der Waals surface area contributed by atoms with Gasteiger partial charge in [0.1, 0.15) is 16.0 Å². The highest BCUT2D eigenvalue weighted by molar-refractivity contribution is 7.91. The third kappa shape index (κ3) is 5.89. The Bertz CT molecular complexity index is 1090. The van der Waals surface area contributed by atoms with E-state index in [2.05, 4.69) is 4.72 Å². The van der Waals surface area contributed by atoms with Gasteiger partial charge in [-0.25, -0.2) is 13.2 Å². The second-order valence-electron chi connectivity index (χ2n) is 8.06. The van der Waals surface area contributed by atoms with E-state index in [1.165, 1.54) is 6.07 Å². The predicted octanol–water partition coefficient (Wildman–Crippen LogP) is 3.33. The smallest absolute Gasteiger partial charge is 0.322 e. The van der Waals surface area contributed by atoms with Gasteiger partial charge in [-0.05, 0) is 74.6 Å². The molecule has 11 heteroatoms. The molecule has 2 N–H and O–H groups in total. The Kier molecular flexibility index (Phi) is 8.56. The SMILES string of the molecule is CCN(CC)C(=O)N1CCC([C@@H](NS(=O)(=O)c2ccc(-c3ccc(OC)cc3)s2)C(=O)O)CC1. The maximum absolute atomic E-state index is 13.0. The lowest BCUT2D eigenvalue weighted by atomic mass is 9.90. The molecule has 0 saturated carbocycles. The minimum atomic E-state index is -4.03. The minimum Gasteiger partial charge on any atom is -0.497 e. The van der Waals surface area contributed by atoms with Gasteiger partial charge in [0.15, 0.2) is 0 Å². The standard InChI is InChI=1S/C23H31N3O6S2/c1-4-25(5-2)23(29)26-14-12-17(13-15-26)21(22(27)28)24-34(30,31)20-11-10-19(33-20)16-6-8-18(32-3)9-7-16/h6-11,17,21,24H,4-5,12-15H2,1-3H3,(H,27,28)/t21-/m1/s1. The third-order valence-corrected chi connectivity index (χ3v) is 9.15. The number of likely N-dealkylation sites (tertiary alicyclic amines) is 1. The number of nitrogens with one attached hydrogen (secondary N) is 1. The highest BCUT2D eigenvalue weighted by Gasteiger charge is 2.36. The Morgan fingerprint density at radius 3 is 2.29 bits per heavy atom. The Balaban J connectivity index is 1.69. The van der Waals surface area contributed by atoms with Gasteiger partial charge in [-0.15, -0.1) is 11.3 Å². The summed E-state index contributed by atoms with van der Waals surface area (Å²) >= 11 is 1.08. The molecule has 1 aromatic carbocycles. The van der Waals surface area contributed by atoms with Crippen molar-refractivity contribution in [3.8, 4) is 16.2 Å². The summed E-state index contributed by atoms with van der Waals surface area (Å²) in [6, 6.07) is 9.11. The number of hydrogen-bond acceptors (Lipinski definition) is 6. The summed E-state index contributed by atoms with van der Waals surface area (Å²) in [5.74, 6) is -0.929. The lowest BCUT2D eigenvalue weighted by molar-refractivity contribution is -0.140. The molecule has 0 unspecified atom stereocenters. The number of methoxy groups -OCH3 is 1. The molecule has 2 amide bonds. The normalized spacial score (nSPS) is 15.7. The zero-order valence-corrected chi connectivity index (χ0v) is 21.2. The topological polar surface area (TPSA) is 116 Å². The number of piperidine rings is 1. The van der Waals surface area contributed by atoms with E-state index in [0.29, 0.717) is 44.8 Å². The summed E-state index contributed by atoms with van der Waals surface area (Å²) in [5, 5.41) is 9.78. The zero-order chi connectivity index (χ0) is 24.9. The number of carbonyl (C=O) groups excluding carboxylic acids is 1. The molecule has 0 bridgehead atoms. The molecule has 1 aromatic heterocycles. The van der Waals surface area contributed by atoms with Crippen LogP contribution in [0.15, 0.2) is 40.6 Å². The number of aliphatic carboxylic acids is 1. The van der Waals surface area contributed by atoms with Crippen molar-refractivity contribution in [1.29, 1.82) is 0 Å². The van der Waals surface area contributed by atoms with Crippen molar-refractivity contribution in [3.05, 3.63) is 36.4 Å². The average Bonchev–Trinajstić information content (AvgIpc) is 3.35. The molecule has 1 aliphatic heterocycles. The molecule has 0 aliphatic carbocycles. The van der Waals surface area contributed by atoms with Crippen LogP contribution in [0.4, 0.5) is 4.79 Å². The summed E-state index contributed by atoms with van der Waals surface area (Å²) in [4.78, 5) is 28.7. The van der Waals surface area contributed by atoms with E-state index in [4.69, 9.17) is 4.74 Å². The first-order valence-electron chi connectivity index (χ1n) is 11.2. The van der Waals surface area contributed by atoms with Crippen LogP contribution in [-0.2, 0) is 14.8 Å². The van der Waals surface area contributed by atoms with Crippen molar-refractivity contribution < 1.29 is 27.9 Å². The van der Waals surface area contributed by atoms with Crippen molar-refractivity contribution in [2.24, 2.45) is 5.92 Å². The monoisotopic (exact) mass is 509 g/mol. The Hall–Kier alpha value is -2.63. The van der Waals surface area contributed by atoms with Crippen LogP contribution in [0.5, 0.6) is 5.75 Å². The molecule has 2 aromatic rings. The van der Waals surface area contributed by atoms with Crippen molar-refractivity contribution in [1.82, 2.24) is 14.5 Å². The number of nitrogens with zero attached hydrogens (tertiary/aromatic N) is 2. The number of carboxylic acid groups (broad SMARTS) is 1. The highest BCUT2D eigenvalue weighted by atomic mass is 32.2. The number of ether oxygens (including phenoxy) is 1. The molecule has 9 nitrogen and oxygen atoms in total. The first kappa shape index (κ1) is 26.0. The van der Waals surface area contributed by atoms with Gasteiger partial charge >= 0.3 is 12.0 Å². The molecule has 1 fully saturated rings. The van der Waals surface area contributed by atoms with Gasteiger partial charge in [-0.2, -0.15) is 4.72 Å². The van der Waals surface area contributed by atoms with Gasteiger partial charge in [0.2, 0.25) is 0 Å². The second-order valence-corrected chi connectivity index (χ2v) is 11.1. The fourth-order valence-electron chi connectivity index (χ4n) is 4.07. The summed E-state index contributed by atoms with van der Waals surface area (Å²) in [5.41, 5.74) is 0.840. The van der Waals surface area contributed by atoms with Crippen LogP contribution in [0.2, 0.25) is 0 Å². The zero-order valence-electron chi connectivity index (χ0n) is 19.6. The molecule has 2 heterocycles. The number of thiophene rings is 1. The number of carbonyl (C=O) groups is 2. The van der Waals surface area contributed by atoms with Gasteiger partial charge < -0.3 is 19.6 Å². The van der Waals surface area contributed by atoms with E-state index in [-0.39, 0.29) is 10.2 Å². The van der Waals surface area contributed by atoms with Crippen molar-refractivity contribution in [2.75, 3.05) is 33.3 Å². The quantitative estimate of drug-likeness (QED) is 0.536. The number of carboxylic acids is 1. The predicted molar refractivity (Wildman–Crippen MR) is 131 cm³/mol. The third-order valence-electron chi connectivity index (χ3n) is 6.08. The molecule has 0 radical (unpaired) electrons. The molecule has 1 saturated heterocycles. The molecule has 1 aliphatic rings. The van der Waals surface area contributed by atoms with Gasteiger partial charge in [0, 0.05) is 31.1 Å². The second kappa shape index (κ2) is 11.2. The minimum absolute atomic E-state index is 0.0544. The van der Waals surface area contributed by atoms with Crippen LogP contribution in [-0.4, -0.2) is 74.7 Å². The summed E-state index contributed by atoms with van der Waals surface area (Å²) < 4.78 is 33.6. The van der Waals surface area contributed by atoms with Crippen LogP contribution < -0.4 is 9.46 Å². The van der Waals surface area contributed by atoms with E-state index in [0.717, 1.165) is 21.8 Å². The molecular weight excluding hydrogens is 478 g/mol. The first-order valence-corrected chi connectivity index (χ1v) is 13.5. The van der Waals surface area contributed by atoms with Gasteiger partial charge in [-0.3, -0.25) is 4.79 Å². The molecule has 34 heavy (non-hydrogen) atoms. The van der Waals surface area contributed by atoms with Gasteiger partial charge in [-0.1, -0.05) is 0 Å². The van der Waals surface area contributed by atoms with Crippen LogP contribution >= 0.6 is 11.3 Å². The van der Waals surface area contributed by atoms with Crippen LogP contribution in [0.1, 0.15) is 26.7 Å². The van der Waals surface area contributed by atoms with E-state index in [9.17, 15) is 23.1 Å². The van der Waals surface area contributed by atoms with Crippen LogP contribution in [0, 0.1) is 5.92 Å². The van der Waals surface area contributed by atoms with Crippen molar-refractivity contribution in [3.63, 3.8) is 0 Å². The fourth-order valence-corrected chi connectivity index (χ4v) is 6.65.